The van der Waals surface area contributed by atoms with Gasteiger partial charge in [0, 0.05) is 17.0 Å². The largest absolute Gasteiger partial charge is 0.436 e. The Bertz CT molecular complexity index is 801. The Balaban J connectivity index is 1.99. The average Bonchev–Trinajstić information content (AvgIpc) is 2.85. The Hall–Kier alpha value is -1.85. The van der Waals surface area contributed by atoms with E-state index in [1.54, 1.807) is 34.8 Å². The molecular formula is C14H12Cl2N4O. The van der Waals surface area contributed by atoms with Crippen LogP contribution < -0.4 is 4.74 Å². The topological polar surface area (TPSA) is 52.3 Å². The van der Waals surface area contributed by atoms with Gasteiger partial charge in [0.2, 0.25) is 5.88 Å². The minimum atomic E-state index is 0.210. The number of nitrogens with zero attached hydrogens (tertiary/aromatic N) is 4. The van der Waals surface area contributed by atoms with Gasteiger partial charge in [0.25, 0.3) is 0 Å². The molecule has 2 heterocycles. The maximum Gasteiger partial charge on any atom is 0.237 e. The highest BCUT2D eigenvalue weighted by Gasteiger charge is 2.12. The van der Waals surface area contributed by atoms with Crippen LogP contribution in [0, 0.1) is 0 Å². The van der Waals surface area contributed by atoms with Gasteiger partial charge in [0.1, 0.15) is 5.75 Å². The number of rotatable bonds is 3. The summed E-state index contributed by atoms with van der Waals surface area (Å²) in [6.45, 7) is 4.06. The van der Waals surface area contributed by atoms with Crippen LogP contribution in [0.25, 0.3) is 5.65 Å². The molecule has 0 fully saturated rings. The summed E-state index contributed by atoms with van der Waals surface area (Å²) in [5, 5.41) is 13.6. The zero-order valence-corrected chi connectivity index (χ0v) is 12.9. The number of halogens is 2. The quantitative estimate of drug-likeness (QED) is 0.719. The van der Waals surface area contributed by atoms with Gasteiger partial charge in [-0.15, -0.1) is 15.3 Å². The van der Waals surface area contributed by atoms with Crippen molar-refractivity contribution in [3.63, 3.8) is 0 Å². The van der Waals surface area contributed by atoms with Gasteiger partial charge < -0.3 is 4.74 Å². The van der Waals surface area contributed by atoms with Gasteiger partial charge in [0.05, 0.1) is 5.02 Å². The Kier molecular flexibility index (Phi) is 3.69. The molecule has 0 N–H and O–H groups in total. The van der Waals surface area contributed by atoms with Crippen molar-refractivity contribution < 1.29 is 4.74 Å². The van der Waals surface area contributed by atoms with Crippen molar-refractivity contribution in [2.75, 3.05) is 0 Å². The van der Waals surface area contributed by atoms with Crippen molar-refractivity contribution in [1.82, 2.24) is 19.8 Å². The summed E-state index contributed by atoms with van der Waals surface area (Å²) in [4.78, 5) is 0. The van der Waals surface area contributed by atoms with Crippen LogP contribution in [-0.2, 0) is 0 Å². The van der Waals surface area contributed by atoms with Gasteiger partial charge in [-0.25, -0.2) is 0 Å². The van der Waals surface area contributed by atoms with E-state index in [0.29, 0.717) is 27.3 Å². The van der Waals surface area contributed by atoms with E-state index in [2.05, 4.69) is 15.3 Å². The average molecular weight is 323 g/mol. The van der Waals surface area contributed by atoms with Gasteiger partial charge in [-0.3, -0.25) is 0 Å². The molecule has 5 nitrogen and oxygen atoms in total. The summed E-state index contributed by atoms with van der Waals surface area (Å²) in [5.41, 5.74) is 0.674. The van der Waals surface area contributed by atoms with Crippen molar-refractivity contribution >= 4 is 28.8 Å². The van der Waals surface area contributed by atoms with E-state index >= 15 is 0 Å². The van der Waals surface area contributed by atoms with E-state index < -0.39 is 0 Å². The second-order valence-electron chi connectivity index (χ2n) is 4.83. The Labute approximate surface area is 131 Å². The zero-order valence-electron chi connectivity index (χ0n) is 11.4. The maximum atomic E-state index is 6.09. The monoisotopic (exact) mass is 322 g/mol. The number of fused-ring (bicyclic) bond motifs is 1. The Morgan fingerprint density at radius 2 is 1.90 bits per heavy atom. The summed E-state index contributed by atoms with van der Waals surface area (Å²) >= 11 is 12.0. The third kappa shape index (κ3) is 2.80. The van der Waals surface area contributed by atoms with Crippen molar-refractivity contribution in [2.24, 2.45) is 0 Å². The Morgan fingerprint density at radius 1 is 1.10 bits per heavy atom. The first kappa shape index (κ1) is 14.1. The van der Waals surface area contributed by atoms with E-state index in [1.165, 1.54) is 0 Å². The number of hydrogen-bond acceptors (Lipinski definition) is 4. The van der Waals surface area contributed by atoms with E-state index in [9.17, 15) is 0 Å². The second kappa shape index (κ2) is 5.50. The first-order valence-corrected chi connectivity index (χ1v) is 7.15. The fraction of sp³-hybridized carbons (Fsp3) is 0.214. The van der Waals surface area contributed by atoms with E-state index in [-0.39, 0.29) is 5.92 Å². The van der Waals surface area contributed by atoms with Gasteiger partial charge >= 0.3 is 0 Å². The van der Waals surface area contributed by atoms with Crippen LogP contribution in [0.5, 0.6) is 11.6 Å². The van der Waals surface area contributed by atoms with Crippen molar-refractivity contribution in [3.8, 4) is 11.6 Å². The lowest BCUT2D eigenvalue weighted by Crippen LogP contribution is -2.02. The number of ether oxygens (including phenoxy) is 1. The van der Waals surface area contributed by atoms with Gasteiger partial charge in [-0.05, 0) is 24.3 Å². The fourth-order valence-electron chi connectivity index (χ4n) is 1.87. The summed E-state index contributed by atoms with van der Waals surface area (Å²) < 4.78 is 7.37. The fourth-order valence-corrected chi connectivity index (χ4v) is 2.32. The van der Waals surface area contributed by atoms with Crippen molar-refractivity contribution in [1.29, 1.82) is 0 Å². The summed E-state index contributed by atoms with van der Waals surface area (Å²) in [6.07, 6.45) is 0. The lowest BCUT2D eigenvalue weighted by molar-refractivity contribution is 0.450. The van der Waals surface area contributed by atoms with E-state index in [4.69, 9.17) is 27.9 Å². The highest BCUT2D eigenvalue weighted by molar-refractivity contribution is 6.35. The molecule has 7 heteroatoms. The minimum absolute atomic E-state index is 0.210. The third-order valence-electron chi connectivity index (χ3n) is 2.89. The molecule has 0 spiro atoms. The van der Waals surface area contributed by atoms with E-state index in [0.717, 1.165) is 5.82 Å². The number of aromatic nitrogens is 4. The SMILES string of the molecule is CC(C)c1nnc2ccc(Oc3ccc(Cl)cc3Cl)nn12. The van der Waals surface area contributed by atoms with Crippen LogP contribution in [-0.4, -0.2) is 19.8 Å². The van der Waals surface area contributed by atoms with Crippen molar-refractivity contribution in [2.45, 2.75) is 19.8 Å². The molecule has 0 saturated heterocycles. The molecule has 108 valence electrons. The maximum absolute atomic E-state index is 6.09. The zero-order chi connectivity index (χ0) is 15.0. The van der Waals surface area contributed by atoms with Gasteiger partial charge in [-0.2, -0.15) is 4.52 Å². The standard InChI is InChI=1S/C14H12Cl2N4O/c1-8(2)14-18-17-12-5-6-13(19-20(12)14)21-11-4-3-9(15)7-10(11)16/h3-8H,1-2H3. The minimum Gasteiger partial charge on any atom is -0.436 e. The second-order valence-corrected chi connectivity index (χ2v) is 5.67. The molecule has 0 amide bonds. The highest BCUT2D eigenvalue weighted by atomic mass is 35.5. The number of benzene rings is 1. The smallest absolute Gasteiger partial charge is 0.237 e. The molecule has 0 saturated carbocycles. The van der Waals surface area contributed by atoms with Crippen LogP contribution >= 0.6 is 23.2 Å². The van der Waals surface area contributed by atoms with Crippen LogP contribution in [0.2, 0.25) is 10.0 Å². The third-order valence-corrected chi connectivity index (χ3v) is 3.42. The molecule has 0 atom stereocenters. The van der Waals surface area contributed by atoms with Crippen LogP contribution in [0.1, 0.15) is 25.6 Å². The van der Waals surface area contributed by atoms with Crippen LogP contribution in [0.15, 0.2) is 30.3 Å². The molecule has 0 bridgehead atoms. The molecule has 0 radical (unpaired) electrons. The predicted molar refractivity (Wildman–Crippen MR) is 81.4 cm³/mol. The lowest BCUT2D eigenvalue weighted by Gasteiger charge is -2.08. The first-order valence-electron chi connectivity index (χ1n) is 6.40. The summed E-state index contributed by atoms with van der Waals surface area (Å²) in [5.74, 6) is 1.89. The molecule has 2 aromatic heterocycles. The molecule has 3 rings (SSSR count). The van der Waals surface area contributed by atoms with Crippen LogP contribution in [0.3, 0.4) is 0 Å². The lowest BCUT2D eigenvalue weighted by atomic mass is 10.2. The van der Waals surface area contributed by atoms with Crippen LogP contribution in [0.4, 0.5) is 0 Å². The molecule has 0 unspecified atom stereocenters. The van der Waals surface area contributed by atoms with E-state index in [1.807, 2.05) is 13.8 Å². The highest BCUT2D eigenvalue weighted by Crippen LogP contribution is 2.30. The predicted octanol–water partition coefficient (Wildman–Crippen LogP) is 4.35. The molecule has 0 aliphatic rings. The number of hydrogen-bond donors (Lipinski definition) is 0. The molecule has 0 aliphatic heterocycles. The Morgan fingerprint density at radius 3 is 2.62 bits per heavy atom. The molecule has 21 heavy (non-hydrogen) atoms. The summed E-state index contributed by atoms with van der Waals surface area (Å²) in [6, 6.07) is 8.55. The van der Waals surface area contributed by atoms with Gasteiger partial charge in [-0.1, -0.05) is 37.0 Å². The summed E-state index contributed by atoms with van der Waals surface area (Å²) in [7, 11) is 0. The first-order chi connectivity index (χ1) is 10.0. The molecule has 1 aromatic carbocycles. The molecule has 0 aliphatic carbocycles. The van der Waals surface area contributed by atoms with Crippen molar-refractivity contribution in [3.05, 3.63) is 46.2 Å². The van der Waals surface area contributed by atoms with Gasteiger partial charge in [0.15, 0.2) is 11.5 Å². The normalized spacial score (nSPS) is 11.3. The molecular weight excluding hydrogens is 311 g/mol. The molecule has 3 aromatic rings.